The van der Waals surface area contributed by atoms with Crippen LogP contribution in [0.4, 0.5) is 0 Å². The van der Waals surface area contributed by atoms with Crippen molar-refractivity contribution in [3.8, 4) is 0 Å². The summed E-state index contributed by atoms with van der Waals surface area (Å²) >= 11 is 0. The maximum atomic E-state index is 12.9. The van der Waals surface area contributed by atoms with Crippen LogP contribution in [0.15, 0.2) is 36.5 Å². The zero-order valence-corrected chi connectivity index (χ0v) is 50.6. The van der Waals surface area contributed by atoms with E-state index in [-0.39, 0.29) is 31.1 Å². The molecule has 1 atom stereocenters. The highest BCUT2D eigenvalue weighted by molar-refractivity contribution is 5.71. The quantitative estimate of drug-likeness (QED) is 0.0261. The first kappa shape index (κ1) is 72.6. The minimum Gasteiger partial charge on any atom is -0.462 e. The van der Waals surface area contributed by atoms with E-state index in [1.54, 1.807) is 0 Å². The van der Waals surface area contributed by atoms with Crippen molar-refractivity contribution in [1.29, 1.82) is 0 Å². The molecule has 0 radical (unpaired) electrons. The fourth-order valence-electron chi connectivity index (χ4n) is 10.1. The average Bonchev–Trinajstić information content (AvgIpc) is 3.41. The van der Waals surface area contributed by atoms with Crippen molar-refractivity contribution in [2.24, 2.45) is 0 Å². The lowest BCUT2D eigenvalue weighted by molar-refractivity contribution is -0.167. The van der Waals surface area contributed by atoms with E-state index in [0.29, 0.717) is 19.3 Å². The third kappa shape index (κ3) is 62.4. The number of hydrogen-bond acceptors (Lipinski definition) is 6. The monoisotopic (exact) mass is 1050 g/mol. The molecule has 0 saturated carbocycles. The predicted octanol–water partition coefficient (Wildman–Crippen LogP) is 22.8. The molecule has 75 heavy (non-hydrogen) atoms. The Morgan fingerprint density at radius 2 is 0.480 bits per heavy atom. The minimum absolute atomic E-state index is 0.0705. The van der Waals surface area contributed by atoms with Gasteiger partial charge in [-0.3, -0.25) is 14.4 Å². The molecule has 6 heteroatoms. The SMILES string of the molecule is CCCCC/C=C\CCCCCCCC(=O)OCC(COC(=O)CCCCCCCCCCCCCCC/C=C\C/C=C\CCCCCCC)OC(=O)CCCCCCCCCCCCCCCCCCCCCC. The summed E-state index contributed by atoms with van der Waals surface area (Å²) in [6, 6.07) is 0. The van der Waals surface area contributed by atoms with Gasteiger partial charge < -0.3 is 14.2 Å². The number of esters is 3. The summed E-state index contributed by atoms with van der Waals surface area (Å²) in [6.07, 6.45) is 78.8. The summed E-state index contributed by atoms with van der Waals surface area (Å²) in [4.78, 5) is 38.3. The number of ether oxygens (including phenoxy) is 3. The zero-order chi connectivity index (χ0) is 54.3. The van der Waals surface area contributed by atoms with Gasteiger partial charge in [-0.05, 0) is 77.0 Å². The maximum Gasteiger partial charge on any atom is 0.306 e. The molecule has 440 valence electrons. The van der Waals surface area contributed by atoms with Crippen LogP contribution >= 0.6 is 0 Å². The first-order chi connectivity index (χ1) is 37.0. The normalized spacial score (nSPS) is 12.2. The Hall–Kier alpha value is -2.37. The van der Waals surface area contributed by atoms with Gasteiger partial charge in [-0.15, -0.1) is 0 Å². The van der Waals surface area contributed by atoms with Crippen molar-refractivity contribution >= 4 is 17.9 Å². The molecule has 0 N–H and O–H groups in total. The largest absolute Gasteiger partial charge is 0.462 e. The molecule has 0 rings (SSSR count). The second-order valence-electron chi connectivity index (χ2n) is 22.7. The van der Waals surface area contributed by atoms with Crippen molar-refractivity contribution in [1.82, 2.24) is 0 Å². The Morgan fingerprint density at radius 1 is 0.267 bits per heavy atom. The summed E-state index contributed by atoms with van der Waals surface area (Å²) in [5.41, 5.74) is 0. The van der Waals surface area contributed by atoms with Crippen LogP contribution in [-0.4, -0.2) is 37.2 Å². The fraction of sp³-hybridized carbons (Fsp3) is 0.870. The number of allylic oxidation sites excluding steroid dienone is 6. The van der Waals surface area contributed by atoms with Crippen LogP contribution in [0.1, 0.15) is 367 Å². The standard InChI is InChI=1S/C69H128O6/c1-4-7-10-13-16-19-22-25-27-29-31-33-34-35-36-37-39-40-42-44-47-50-53-56-59-62-68(71)74-65-66(64-73-67(70)61-58-55-52-49-46-24-21-18-15-12-9-6-3)75-69(72)63-60-57-54-51-48-45-43-41-38-32-30-28-26-23-20-17-14-11-8-5-2/h18,21-22,25,29,31,66H,4-17,19-20,23-24,26-28,30,32-65H2,1-3H3/b21-18-,25-22-,31-29-. The van der Waals surface area contributed by atoms with Crippen LogP contribution < -0.4 is 0 Å². The van der Waals surface area contributed by atoms with Gasteiger partial charge in [-0.2, -0.15) is 0 Å². The van der Waals surface area contributed by atoms with Crippen LogP contribution in [0.25, 0.3) is 0 Å². The van der Waals surface area contributed by atoms with Gasteiger partial charge in [0.1, 0.15) is 13.2 Å². The van der Waals surface area contributed by atoms with E-state index in [0.717, 1.165) is 70.6 Å². The zero-order valence-electron chi connectivity index (χ0n) is 50.6. The average molecular weight is 1050 g/mol. The van der Waals surface area contributed by atoms with Gasteiger partial charge in [0.2, 0.25) is 0 Å². The molecule has 0 aromatic carbocycles. The smallest absolute Gasteiger partial charge is 0.306 e. The molecule has 0 spiro atoms. The summed E-state index contributed by atoms with van der Waals surface area (Å²) in [5, 5.41) is 0. The van der Waals surface area contributed by atoms with Gasteiger partial charge in [0.05, 0.1) is 0 Å². The van der Waals surface area contributed by atoms with Gasteiger partial charge in [0, 0.05) is 19.3 Å². The second kappa shape index (κ2) is 64.2. The van der Waals surface area contributed by atoms with E-state index in [1.807, 2.05) is 0 Å². The van der Waals surface area contributed by atoms with E-state index >= 15 is 0 Å². The molecular weight excluding hydrogens is 925 g/mol. The molecule has 0 heterocycles. The molecule has 0 aliphatic rings. The molecule has 0 bridgehead atoms. The van der Waals surface area contributed by atoms with Crippen molar-refractivity contribution in [2.45, 2.75) is 374 Å². The lowest BCUT2D eigenvalue weighted by Crippen LogP contribution is -2.30. The van der Waals surface area contributed by atoms with Crippen molar-refractivity contribution in [2.75, 3.05) is 13.2 Å². The third-order valence-corrected chi connectivity index (χ3v) is 15.1. The van der Waals surface area contributed by atoms with Crippen LogP contribution in [-0.2, 0) is 28.6 Å². The third-order valence-electron chi connectivity index (χ3n) is 15.1. The Bertz CT molecular complexity index is 1250. The number of rotatable bonds is 62. The molecule has 0 aromatic rings. The first-order valence-electron chi connectivity index (χ1n) is 33.5. The van der Waals surface area contributed by atoms with Crippen molar-refractivity contribution < 1.29 is 28.6 Å². The van der Waals surface area contributed by atoms with Gasteiger partial charge >= 0.3 is 17.9 Å². The Kier molecular flexibility index (Phi) is 62.1. The lowest BCUT2D eigenvalue weighted by atomic mass is 10.0. The molecule has 0 fully saturated rings. The highest BCUT2D eigenvalue weighted by Gasteiger charge is 2.19. The van der Waals surface area contributed by atoms with E-state index in [1.165, 1.54) is 257 Å². The topological polar surface area (TPSA) is 78.9 Å². The summed E-state index contributed by atoms with van der Waals surface area (Å²) in [7, 11) is 0. The second-order valence-corrected chi connectivity index (χ2v) is 22.7. The molecule has 1 unspecified atom stereocenters. The van der Waals surface area contributed by atoms with E-state index in [4.69, 9.17) is 14.2 Å². The lowest BCUT2D eigenvalue weighted by Gasteiger charge is -2.18. The van der Waals surface area contributed by atoms with Gasteiger partial charge in [0.25, 0.3) is 0 Å². The maximum absolute atomic E-state index is 12.9. The molecular formula is C69H128O6. The molecule has 0 aromatic heterocycles. The first-order valence-corrected chi connectivity index (χ1v) is 33.5. The number of carbonyl (C=O) groups excluding carboxylic acids is 3. The van der Waals surface area contributed by atoms with Crippen LogP contribution in [0.2, 0.25) is 0 Å². The van der Waals surface area contributed by atoms with Crippen LogP contribution in [0.3, 0.4) is 0 Å². The summed E-state index contributed by atoms with van der Waals surface area (Å²) in [6.45, 7) is 6.66. The molecule has 0 saturated heterocycles. The van der Waals surface area contributed by atoms with E-state index in [9.17, 15) is 14.4 Å². The highest BCUT2D eigenvalue weighted by atomic mass is 16.6. The predicted molar refractivity (Wildman–Crippen MR) is 326 cm³/mol. The Balaban J connectivity index is 4.23. The van der Waals surface area contributed by atoms with Gasteiger partial charge in [-0.1, -0.05) is 308 Å². The summed E-state index contributed by atoms with van der Waals surface area (Å²) in [5.74, 6) is -0.855. The number of carbonyl (C=O) groups is 3. The molecule has 0 aliphatic carbocycles. The van der Waals surface area contributed by atoms with Gasteiger partial charge in [0.15, 0.2) is 6.10 Å². The highest BCUT2D eigenvalue weighted by Crippen LogP contribution is 2.18. The summed E-state index contributed by atoms with van der Waals surface area (Å²) < 4.78 is 16.9. The molecule has 0 aliphatic heterocycles. The molecule has 6 nitrogen and oxygen atoms in total. The van der Waals surface area contributed by atoms with Crippen molar-refractivity contribution in [3.05, 3.63) is 36.5 Å². The van der Waals surface area contributed by atoms with Crippen molar-refractivity contribution in [3.63, 3.8) is 0 Å². The van der Waals surface area contributed by atoms with Gasteiger partial charge in [-0.25, -0.2) is 0 Å². The van der Waals surface area contributed by atoms with E-state index in [2.05, 4.69) is 57.2 Å². The van der Waals surface area contributed by atoms with E-state index < -0.39 is 6.10 Å². The van der Waals surface area contributed by atoms with Crippen LogP contribution in [0.5, 0.6) is 0 Å². The minimum atomic E-state index is -0.773. The Morgan fingerprint density at radius 3 is 0.773 bits per heavy atom. The fourth-order valence-corrected chi connectivity index (χ4v) is 10.1. The number of hydrogen-bond donors (Lipinski definition) is 0. The van der Waals surface area contributed by atoms with Crippen LogP contribution in [0, 0.1) is 0 Å². The Labute approximate surface area is 467 Å². The number of unbranched alkanes of at least 4 members (excludes halogenated alkanes) is 45. The molecule has 0 amide bonds.